The normalized spacial score (nSPS) is 10.2. The van der Waals surface area contributed by atoms with Crippen LogP contribution < -0.4 is 4.74 Å². The van der Waals surface area contributed by atoms with Crippen molar-refractivity contribution in [3.63, 3.8) is 0 Å². The molecule has 3 rings (SSSR count). The van der Waals surface area contributed by atoms with Crippen LogP contribution in [0.15, 0.2) is 72.8 Å². The van der Waals surface area contributed by atoms with Gasteiger partial charge in [-0.2, -0.15) is 5.26 Å². The average Bonchev–Trinajstić information content (AvgIpc) is 2.78. The first-order valence-corrected chi connectivity index (χ1v) is 9.56. The summed E-state index contributed by atoms with van der Waals surface area (Å²) in [6.45, 7) is 0.495. The fourth-order valence-electron chi connectivity index (χ4n) is 3.13. The number of nitriles is 1. The SMILES string of the molecule is COC(=O)c1ccc(CCCc2cc(C#N)ccc2OCc2ccccc2)cc1. The number of hydrogen-bond donors (Lipinski definition) is 0. The van der Waals surface area contributed by atoms with Gasteiger partial charge in [0.1, 0.15) is 12.4 Å². The second-order valence-electron chi connectivity index (χ2n) is 6.75. The zero-order valence-corrected chi connectivity index (χ0v) is 16.4. The van der Waals surface area contributed by atoms with E-state index in [1.165, 1.54) is 7.11 Å². The molecule has 0 heterocycles. The first-order valence-electron chi connectivity index (χ1n) is 9.56. The highest BCUT2D eigenvalue weighted by Crippen LogP contribution is 2.23. The number of nitrogens with zero attached hydrogens (tertiary/aromatic N) is 1. The van der Waals surface area contributed by atoms with Gasteiger partial charge in [-0.1, -0.05) is 42.5 Å². The van der Waals surface area contributed by atoms with Crippen LogP contribution in [0.1, 0.15) is 39.0 Å². The fraction of sp³-hybridized carbons (Fsp3) is 0.200. The first-order chi connectivity index (χ1) is 14.2. The summed E-state index contributed by atoms with van der Waals surface area (Å²) in [6, 6.07) is 25.3. The molecule has 0 amide bonds. The van der Waals surface area contributed by atoms with Gasteiger partial charge in [0.15, 0.2) is 0 Å². The van der Waals surface area contributed by atoms with Gasteiger partial charge in [-0.25, -0.2) is 4.79 Å². The van der Waals surface area contributed by atoms with Gasteiger partial charge in [0.05, 0.1) is 24.3 Å². The smallest absolute Gasteiger partial charge is 0.337 e. The summed E-state index contributed by atoms with van der Waals surface area (Å²) in [5.74, 6) is 0.485. The lowest BCUT2D eigenvalue weighted by molar-refractivity contribution is 0.0600. The van der Waals surface area contributed by atoms with Gasteiger partial charge >= 0.3 is 5.97 Å². The standard InChI is InChI=1S/C25H23NO3/c1-28-25(27)22-13-10-19(11-14-22)8-5-9-23-16-21(17-26)12-15-24(23)29-18-20-6-3-2-4-7-20/h2-4,6-7,10-16H,5,8-9,18H2,1H3. The van der Waals surface area contributed by atoms with Crippen LogP contribution >= 0.6 is 0 Å². The number of aryl methyl sites for hydroxylation is 2. The van der Waals surface area contributed by atoms with E-state index in [0.717, 1.165) is 41.7 Å². The minimum absolute atomic E-state index is 0.329. The molecule has 4 heteroatoms. The van der Waals surface area contributed by atoms with Crippen LogP contribution in [0.25, 0.3) is 0 Å². The van der Waals surface area contributed by atoms with E-state index >= 15 is 0 Å². The molecule has 0 bridgehead atoms. The molecule has 0 aliphatic rings. The van der Waals surface area contributed by atoms with Crippen LogP contribution in [0.4, 0.5) is 0 Å². The Morgan fingerprint density at radius 2 is 1.69 bits per heavy atom. The molecule has 146 valence electrons. The number of esters is 1. The minimum Gasteiger partial charge on any atom is -0.489 e. The summed E-state index contributed by atoms with van der Waals surface area (Å²) >= 11 is 0. The maximum Gasteiger partial charge on any atom is 0.337 e. The Morgan fingerprint density at radius 3 is 2.38 bits per heavy atom. The van der Waals surface area contributed by atoms with E-state index in [1.807, 2.05) is 54.6 Å². The lowest BCUT2D eigenvalue weighted by Crippen LogP contribution is -2.01. The fourth-order valence-corrected chi connectivity index (χ4v) is 3.13. The van der Waals surface area contributed by atoms with Crippen molar-refractivity contribution in [3.8, 4) is 11.8 Å². The van der Waals surface area contributed by atoms with Gasteiger partial charge in [0, 0.05) is 0 Å². The Balaban J connectivity index is 1.63. The number of hydrogen-bond acceptors (Lipinski definition) is 4. The van der Waals surface area contributed by atoms with E-state index in [4.69, 9.17) is 9.47 Å². The summed E-state index contributed by atoms with van der Waals surface area (Å²) in [5, 5.41) is 9.23. The summed E-state index contributed by atoms with van der Waals surface area (Å²) in [4.78, 5) is 11.5. The lowest BCUT2D eigenvalue weighted by Gasteiger charge is -2.12. The van der Waals surface area contributed by atoms with Crippen molar-refractivity contribution in [3.05, 3.63) is 101 Å². The first kappa shape index (κ1) is 20.2. The van der Waals surface area contributed by atoms with Crippen LogP contribution in [-0.4, -0.2) is 13.1 Å². The van der Waals surface area contributed by atoms with E-state index in [0.29, 0.717) is 17.7 Å². The topological polar surface area (TPSA) is 59.3 Å². The molecule has 0 radical (unpaired) electrons. The zero-order valence-electron chi connectivity index (χ0n) is 16.4. The molecule has 3 aromatic rings. The maximum atomic E-state index is 11.5. The molecule has 0 atom stereocenters. The third-order valence-corrected chi connectivity index (χ3v) is 4.71. The largest absolute Gasteiger partial charge is 0.489 e. The van der Waals surface area contributed by atoms with E-state index < -0.39 is 0 Å². The van der Waals surface area contributed by atoms with Crippen molar-refractivity contribution in [1.82, 2.24) is 0 Å². The molecule has 0 saturated carbocycles. The molecule has 0 aromatic heterocycles. The molecule has 0 saturated heterocycles. The molecule has 3 aromatic carbocycles. The Morgan fingerprint density at radius 1 is 0.931 bits per heavy atom. The summed E-state index contributed by atoms with van der Waals surface area (Å²) in [6.07, 6.45) is 2.59. The molecule has 0 spiro atoms. The van der Waals surface area contributed by atoms with Gasteiger partial charge in [-0.05, 0) is 66.3 Å². The zero-order chi connectivity index (χ0) is 20.5. The highest BCUT2D eigenvalue weighted by Gasteiger charge is 2.08. The summed E-state index contributed by atoms with van der Waals surface area (Å²) < 4.78 is 10.7. The second kappa shape index (κ2) is 10.1. The lowest BCUT2D eigenvalue weighted by atomic mass is 10.0. The number of carbonyl (C=O) groups is 1. The van der Waals surface area contributed by atoms with Crippen LogP contribution in [-0.2, 0) is 24.2 Å². The van der Waals surface area contributed by atoms with Gasteiger partial charge in [0.2, 0.25) is 0 Å². The predicted molar refractivity (Wildman–Crippen MR) is 112 cm³/mol. The monoisotopic (exact) mass is 385 g/mol. The molecular weight excluding hydrogens is 362 g/mol. The number of ether oxygens (including phenoxy) is 2. The molecule has 0 N–H and O–H groups in total. The minimum atomic E-state index is -0.329. The summed E-state index contributed by atoms with van der Waals surface area (Å²) in [7, 11) is 1.38. The van der Waals surface area contributed by atoms with Gasteiger partial charge in [-0.3, -0.25) is 0 Å². The Bertz CT molecular complexity index is 989. The van der Waals surface area contributed by atoms with Crippen molar-refractivity contribution >= 4 is 5.97 Å². The van der Waals surface area contributed by atoms with E-state index in [1.54, 1.807) is 18.2 Å². The number of rotatable bonds is 8. The van der Waals surface area contributed by atoms with Crippen molar-refractivity contribution in [2.24, 2.45) is 0 Å². The maximum absolute atomic E-state index is 11.5. The number of benzene rings is 3. The quantitative estimate of drug-likeness (QED) is 0.506. The predicted octanol–water partition coefficient (Wildman–Crippen LogP) is 5.10. The Hall–Kier alpha value is -3.58. The Labute approximate surface area is 171 Å². The van der Waals surface area contributed by atoms with Crippen LogP contribution in [0.2, 0.25) is 0 Å². The molecule has 0 fully saturated rings. The Kier molecular flexibility index (Phi) is 7.02. The van der Waals surface area contributed by atoms with E-state index in [9.17, 15) is 10.1 Å². The van der Waals surface area contributed by atoms with Gasteiger partial charge < -0.3 is 9.47 Å². The number of carbonyl (C=O) groups excluding carboxylic acids is 1. The molecule has 0 aliphatic heterocycles. The third kappa shape index (κ3) is 5.70. The summed E-state index contributed by atoms with van der Waals surface area (Å²) in [5.41, 5.74) is 4.48. The second-order valence-corrected chi connectivity index (χ2v) is 6.75. The van der Waals surface area contributed by atoms with E-state index in [2.05, 4.69) is 6.07 Å². The average molecular weight is 385 g/mol. The highest BCUT2D eigenvalue weighted by molar-refractivity contribution is 5.89. The van der Waals surface area contributed by atoms with Gasteiger partial charge in [0.25, 0.3) is 0 Å². The molecular formula is C25H23NO3. The van der Waals surface area contributed by atoms with Crippen LogP contribution in [0.3, 0.4) is 0 Å². The van der Waals surface area contributed by atoms with Crippen molar-refractivity contribution in [1.29, 1.82) is 5.26 Å². The van der Waals surface area contributed by atoms with Crippen LogP contribution in [0, 0.1) is 11.3 Å². The van der Waals surface area contributed by atoms with E-state index in [-0.39, 0.29) is 5.97 Å². The van der Waals surface area contributed by atoms with Crippen LogP contribution in [0.5, 0.6) is 5.75 Å². The highest BCUT2D eigenvalue weighted by atomic mass is 16.5. The third-order valence-electron chi connectivity index (χ3n) is 4.71. The van der Waals surface area contributed by atoms with Crippen molar-refractivity contribution < 1.29 is 14.3 Å². The molecule has 4 nitrogen and oxygen atoms in total. The molecule has 29 heavy (non-hydrogen) atoms. The van der Waals surface area contributed by atoms with Gasteiger partial charge in [-0.15, -0.1) is 0 Å². The molecule has 0 aliphatic carbocycles. The number of methoxy groups -OCH3 is 1. The molecule has 0 unspecified atom stereocenters. The van der Waals surface area contributed by atoms with Crippen molar-refractivity contribution in [2.75, 3.05) is 7.11 Å². The van der Waals surface area contributed by atoms with Crippen molar-refractivity contribution in [2.45, 2.75) is 25.9 Å².